The molecule has 0 spiro atoms. The van der Waals surface area contributed by atoms with Crippen molar-refractivity contribution >= 4 is 17.3 Å². The third kappa shape index (κ3) is 2.98. The monoisotopic (exact) mass is 279 g/mol. The molecule has 1 saturated heterocycles. The first-order valence-electron chi connectivity index (χ1n) is 6.96. The van der Waals surface area contributed by atoms with Crippen molar-refractivity contribution in [1.82, 2.24) is 9.88 Å². The summed E-state index contributed by atoms with van der Waals surface area (Å²) in [5.41, 5.74) is 5.66. The molecule has 7 nitrogen and oxygen atoms in total. The van der Waals surface area contributed by atoms with Crippen LogP contribution in [0.15, 0.2) is 12.1 Å². The minimum absolute atomic E-state index is 0.00112. The van der Waals surface area contributed by atoms with Gasteiger partial charge in [-0.2, -0.15) is 0 Å². The molecule has 1 aliphatic heterocycles. The standard InChI is InChI=1S/C13H21N5O2/c1-3-16(4-2)10-5-6-17(9-10)13-8-11(18(19)20)7-12(14)15-13/h7-8,10H,3-6,9H2,1-2H3,(H2,14,15). The van der Waals surface area contributed by atoms with Gasteiger partial charge in [0, 0.05) is 19.1 Å². The average molecular weight is 279 g/mol. The maximum atomic E-state index is 10.9. The molecule has 0 amide bonds. The number of nitrogens with zero attached hydrogens (tertiary/aromatic N) is 4. The van der Waals surface area contributed by atoms with Gasteiger partial charge in [0.15, 0.2) is 0 Å². The van der Waals surface area contributed by atoms with Gasteiger partial charge in [-0.05, 0) is 19.5 Å². The fourth-order valence-corrected chi connectivity index (χ4v) is 2.78. The van der Waals surface area contributed by atoms with Crippen LogP contribution in [0.1, 0.15) is 20.3 Å². The van der Waals surface area contributed by atoms with Crippen molar-refractivity contribution < 1.29 is 4.92 Å². The van der Waals surface area contributed by atoms with Crippen molar-refractivity contribution in [1.29, 1.82) is 0 Å². The molecular formula is C13H21N5O2. The van der Waals surface area contributed by atoms with Gasteiger partial charge in [0.25, 0.3) is 5.69 Å². The zero-order valence-electron chi connectivity index (χ0n) is 12.0. The van der Waals surface area contributed by atoms with E-state index in [1.807, 2.05) is 0 Å². The van der Waals surface area contributed by atoms with E-state index in [4.69, 9.17) is 5.73 Å². The molecule has 2 heterocycles. The lowest BCUT2D eigenvalue weighted by Crippen LogP contribution is -2.37. The Hall–Kier alpha value is -1.89. The van der Waals surface area contributed by atoms with E-state index in [0.29, 0.717) is 11.9 Å². The molecule has 0 bridgehead atoms. The van der Waals surface area contributed by atoms with E-state index < -0.39 is 4.92 Å². The fourth-order valence-electron chi connectivity index (χ4n) is 2.78. The molecule has 110 valence electrons. The number of aromatic nitrogens is 1. The van der Waals surface area contributed by atoms with Crippen molar-refractivity contribution in [2.75, 3.05) is 36.8 Å². The second kappa shape index (κ2) is 6.04. The summed E-state index contributed by atoms with van der Waals surface area (Å²) in [7, 11) is 0. The summed E-state index contributed by atoms with van der Waals surface area (Å²) in [5.74, 6) is 0.798. The van der Waals surface area contributed by atoms with Crippen molar-refractivity contribution in [3.8, 4) is 0 Å². The van der Waals surface area contributed by atoms with Crippen LogP contribution >= 0.6 is 0 Å². The maximum Gasteiger partial charge on any atom is 0.276 e. The maximum absolute atomic E-state index is 10.9. The number of anilines is 2. The Morgan fingerprint density at radius 2 is 2.20 bits per heavy atom. The summed E-state index contributed by atoms with van der Waals surface area (Å²) in [5, 5.41) is 10.9. The van der Waals surface area contributed by atoms with Gasteiger partial charge in [-0.25, -0.2) is 4.98 Å². The second-order valence-electron chi connectivity index (χ2n) is 4.98. The lowest BCUT2D eigenvalue weighted by molar-refractivity contribution is -0.384. The van der Waals surface area contributed by atoms with E-state index in [2.05, 4.69) is 28.6 Å². The largest absolute Gasteiger partial charge is 0.383 e. The van der Waals surface area contributed by atoms with Crippen LogP contribution in [0.2, 0.25) is 0 Å². The molecular weight excluding hydrogens is 258 g/mol. The first-order valence-corrected chi connectivity index (χ1v) is 6.96. The predicted molar refractivity (Wildman–Crippen MR) is 78.8 cm³/mol. The van der Waals surface area contributed by atoms with Gasteiger partial charge in [-0.3, -0.25) is 15.0 Å². The smallest absolute Gasteiger partial charge is 0.276 e. The molecule has 1 aromatic heterocycles. The molecule has 20 heavy (non-hydrogen) atoms. The van der Waals surface area contributed by atoms with Crippen LogP contribution in [0.3, 0.4) is 0 Å². The highest BCUT2D eigenvalue weighted by Gasteiger charge is 2.28. The Balaban J connectivity index is 2.15. The zero-order valence-corrected chi connectivity index (χ0v) is 12.0. The molecule has 0 aliphatic carbocycles. The lowest BCUT2D eigenvalue weighted by atomic mass is 10.2. The summed E-state index contributed by atoms with van der Waals surface area (Å²) < 4.78 is 0. The van der Waals surface area contributed by atoms with Gasteiger partial charge < -0.3 is 10.6 Å². The molecule has 1 aliphatic rings. The molecule has 1 fully saturated rings. The van der Waals surface area contributed by atoms with Gasteiger partial charge in [0.2, 0.25) is 0 Å². The second-order valence-corrected chi connectivity index (χ2v) is 4.98. The van der Waals surface area contributed by atoms with Crippen molar-refractivity contribution in [2.24, 2.45) is 0 Å². The van der Waals surface area contributed by atoms with Crippen LogP contribution in [0, 0.1) is 10.1 Å². The number of likely N-dealkylation sites (N-methyl/N-ethyl adjacent to an activating group) is 1. The molecule has 1 aromatic rings. The number of rotatable bonds is 5. The molecule has 0 aromatic carbocycles. The number of hydrogen-bond acceptors (Lipinski definition) is 6. The van der Waals surface area contributed by atoms with Crippen molar-refractivity contribution in [3.05, 3.63) is 22.2 Å². The SMILES string of the molecule is CCN(CC)C1CCN(c2cc([N+](=O)[O-])cc(N)n2)C1. The van der Waals surface area contributed by atoms with Gasteiger partial charge in [0.05, 0.1) is 17.1 Å². The Bertz CT molecular complexity index is 490. The van der Waals surface area contributed by atoms with Crippen LogP contribution in [0.4, 0.5) is 17.3 Å². The van der Waals surface area contributed by atoms with E-state index >= 15 is 0 Å². The Morgan fingerprint density at radius 1 is 1.50 bits per heavy atom. The molecule has 1 atom stereocenters. The van der Waals surface area contributed by atoms with Crippen molar-refractivity contribution in [3.63, 3.8) is 0 Å². The third-order valence-electron chi connectivity index (χ3n) is 3.84. The molecule has 1 unspecified atom stereocenters. The minimum Gasteiger partial charge on any atom is -0.383 e. The molecule has 0 radical (unpaired) electrons. The highest BCUT2D eigenvalue weighted by atomic mass is 16.6. The number of nitrogens with two attached hydrogens (primary N) is 1. The number of nitrogen functional groups attached to an aromatic ring is 1. The molecule has 7 heteroatoms. The summed E-state index contributed by atoms with van der Waals surface area (Å²) in [6.45, 7) is 8.02. The van der Waals surface area contributed by atoms with E-state index in [0.717, 1.165) is 32.6 Å². The van der Waals surface area contributed by atoms with Gasteiger partial charge in [0.1, 0.15) is 11.6 Å². The van der Waals surface area contributed by atoms with Crippen LogP contribution in [-0.2, 0) is 0 Å². The first kappa shape index (κ1) is 14.5. The predicted octanol–water partition coefficient (Wildman–Crippen LogP) is 1.49. The zero-order chi connectivity index (χ0) is 14.7. The molecule has 0 saturated carbocycles. The molecule has 2 rings (SSSR count). The number of hydrogen-bond donors (Lipinski definition) is 1. The Labute approximate surface area is 118 Å². The topological polar surface area (TPSA) is 88.5 Å². The normalized spacial score (nSPS) is 18.8. The van der Waals surface area contributed by atoms with Gasteiger partial charge >= 0.3 is 0 Å². The van der Waals surface area contributed by atoms with E-state index in [9.17, 15) is 10.1 Å². The summed E-state index contributed by atoms with van der Waals surface area (Å²) >= 11 is 0. The minimum atomic E-state index is -0.431. The first-order chi connectivity index (χ1) is 9.55. The summed E-state index contributed by atoms with van der Waals surface area (Å²) in [4.78, 5) is 19.2. The van der Waals surface area contributed by atoms with Crippen LogP contribution < -0.4 is 10.6 Å². The highest BCUT2D eigenvalue weighted by Crippen LogP contribution is 2.26. The van der Waals surface area contributed by atoms with E-state index in [1.54, 1.807) is 0 Å². The van der Waals surface area contributed by atoms with E-state index in [-0.39, 0.29) is 11.5 Å². The van der Waals surface area contributed by atoms with Crippen LogP contribution in [0.25, 0.3) is 0 Å². The third-order valence-corrected chi connectivity index (χ3v) is 3.84. The van der Waals surface area contributed by atoms with Gasteiger partial charge in [-0.1, -0.05) is 13.8 Å². The van der Waals surface area contributed by atoms with E-state index in [1.165, 1.54) is 12.1 Å². The molecule has 2 N–H and O–H groups in total. The Morgan fingerprint density at radius 3 is 2.80 bits per heavy atom. The average Bonchev–Trinajstić information content (AvgIpc) is 2.89. The number of pyridine rings is 1. The summed E-state index contributed by atoms with van der Waals surface area (Å²) in [6.07, 6.45) is 1.05. The van der Waals surface area contributed by atoms with Gasteiger partial charge in [-0.15, -0.1) is 0 Å². The highest BCUT2D eigenvalue weighted by molar-refractivity contribution is 5.54. The van der Waals surface area contributed by atoms with Crippen LogP contribution in [-0.4, -0.2) is 47.0 Å². The van der Waals surface area contributed by atoms with Crippen molar-refractivity contribution in [2.45, 2.75) is 26.3 Å². The Kier molecular flexibility index (Phi) is 4.39. The quantitative estimate of drug-likeness (QED) is 0.649. The lowest BCUT2D eigenvalue weighted by Gasteiger charge is -2.26. The fraction of sp³-hybridized carbons (Fsp3) is 0.615. The number of nitro groups is 1. The van der Waals surface area contributed by atoms with Crippen LogP contribution in [0.5, 0.6) is 0 Å². The summed E-state index contributed by atoms with van der Waals surface area (Å²) in [6, 6.07) is 3.27.